The fourth-order valence-corrected chi connectivity index (χ4v) is 2.04. The molecule has 2 N–H and O–H groups in total. The predicted octanol–water partition coefficient (Wildman–Crippen LogP) is 3.28. The quantitative estimate of drug-likeness (QED) is 0.903. The van der Waals surface area contributed by atoms with Gasteiger partial charge < -0.3 is 19.9 Å². The van der Waals surface area contributed by atoms with Crippen molar-refractivity contribution in [2.24, 2.45) is 11.7 Å². The van der Waals surface area contributed by atoms with Gasteiger partial charge in [-0.3, -0.25) is 0 Å². The topological polar surface area (TPSA) is 53.7 Å². The van der Waals surface area contributed by atoms with Gasteiger partial charge in [-0.2, -0.15) is 0 Å². The summed E-state index contributed by atoms with van der Waals surface area (Å²) >= 11 is 0. The lowest BCUT2D eigenvalue weighted by atomic mass is 9.98. The van der Waals surface area contributed by atoms with Gasteiger partial charge in [0, 0.05) is 6.04 Å². The van der Waals surface area contributed by atoms with Crippen LogP contribution in [0.3, 0.4) is 0 Å². The Bertz CT molecular complexity index is 423. The first-order valence-corrected chi connectivity index (χ1v) is 6.35. The van der Waals surface area contributed by atoms with Crippen molar-refractivity contribution in [3.05, 3.63) is 17.7 Å². The summed E-state index contributed by atoms with van der Waals surface area (Å²) in [6.45, 7) is 4.65. The molecule has 0 saturated heterocycles. The molecule has 1 aliphatic heterocycles. The molecule has 1 aromatic carbocycles. The summed E-state index contributed by atoms with van der Waals surface area (Å²) in [6, 6.07) is 3.91. The van der Waals surface area contributed by atoms with Gasteiger partial charge >= 0.3 is 0 Å². The standard InChI is InChI=1S/C14H21NO3.ClH/c1-9(2)4-5-11(15)10-6-12(16-3)14-13(7-10)17-8-18-14;/h6-7,9,11H,4-5,8,15H2,1-3H3;1H/t11-;/m0./s1. The summed E-state index contributed by atoms with van der Waals surface area (Å²) in [4.78, 5) is 0. The van der Waals surface area contributed by atoms with E-state index in [2.05, 4.69) is 13.8 Å². The summed E-state index contributed by atoms with van der Waals surface area (Å²) < 4.78 is 16.1. The Morgan fingerprint density at radius 3 is 2.63 bits per heavy atom. The van der Waals surface area contributed by atoms with Crippen LogP contribution in [0.2, 0.25) is 0 Å². The number of fused-ring (bicyclic) bond motifs is 1. The zero-order valence-electron chi connectivity index (χ0n) is 11.6. The Balaban J connectivity index is 0.00000180. The van der Waals surface area contributed by atoms with Crippen LogP contribution in [0.15, 0.2) is 12.1 Å². The molecule has 19 heavy (non-hydrogen) atoms. The van der Waals surface area contributed by atoms with E-state index < -0.39 is 0 Å². The molecule has 1 heterocycles. The number of hydrogen-bond donors (Lipinski definition) is 1. The first-order valence-electron chi connectivity index (χ1n) is 6.35. The van der Waals surface area contributed by atoms with Crippen LogP contribution in [0.1, 0.15) is 38.3 Å². The monoisotopic (exact) mass is 287 g/mol. The molecule has 5 heteroatoms. The van der Waals surface area contributed by atoms with Crippen molar-refractivity contribution < 1.29 is 14.2 Å². The highest BCUT2D eigenvalue weighted by Crippen LogP contribution is 2.43. The van der Waals surface area contributed by atoms with Gasteiger partial charge in [0.15, 0.2) is 11.5 Å². The Labute approximate surface area is 120 Å². The lowest BCUT2D eigenvalue weighted by Gasteiger charge is -2.15. The Morgan fingerprint density at radius 2 is 2.00 bits per heavy atom. The van der Waals surface area contributed by atoms with Gasteiger partial charge in [0.1, 0.15) is 0 Å². The van der Waals surface area contributed by atoms with E-state index >= 15 is 0 Å². The molecule has 0 aromatic heterocycles. The van der Waals surface area contributed by atoms with Gasteiger partial charge in [0.2, 0.25) is 12.5 Å². The second-order valence-corrected chi connectivity index (χ2v) is 5.03. The molecule has 1 atom stereocenters. The van der Waals surface area contributed by atoms with Crippen LogP contribution < -0.4 is 19.9 Å². The third-order valence-corrected chi connectivity index (χ3v) is 3.16. The molecule has 1 aliphatic rings. The van der Waals surface area contributed by atoms with E-state index in [-0.39, 0.29) is 25.2 Å². The lowest BCUT2D eigenvalue weighted by molar-refractivity contribution is 0.171. The highest BCUT2D eigenvalue weighted by molar-refractivity contribution is 5.85. The molecule has 0 fully saturated rings. The van der Waals surface area contributed by atoms with Gasteiger partial charge in [-0.15, -0.1) is 12.4 Å². The first-order chi connectivity index (χ1) is 8.61. The average molecular weight is 288 g/mol. The Morgan fingerprint density at radius 1 is 1.26 bits per heavy atom. The maximum absolute atomic E-state index is 6.21. The van der Waals surface area contributed by atoms with Crippen LogP contribution in [0, 0.1) is 5.92 Å². The van der Waals surface area contributed by atoms with E-state index in [0.717, 1.165) is 24.2 Å². The van der Waals surface area contributed by atoms with Crippen molar-refractivity contribution in [2.75, 3.05) is 13.9 Å². The number of nitrogens with two attached hydrogens (primary N) is 1. The average Bonchev–Trinajstić information content (AvgIpc) is 2.82. The van der Waals surface area contributed by atoms with Crippen LogP contribution in [-0.4, -0.2) is 13.9 Å². The molecule has 0 bridgehead atoms. The second-order valence-electron chi connectivity index (χ2n) is 5.03. The fourth-order valence-electron chi connectivity index (χ4n) is 2.04. The van der Waals surface area contributed by atoms with Crippen LogP contribution in [-0.2, 0) is 0 Å². The van der Waals surface area contributed by atoms with Gasteiger partial charge in [0.05, 0.1) is 7.11 Å². The SMILES string of the molecule is COc1cc([C@@H](N)CCC(C)C)cc2c1OCO2.Cl. The minimum Gasteiger partial charge on any atom is -0.493 e. The zero-order chi connectivity index (χ0) is 13.1. The number of ether oxygens (including phenoxy) is 3. The third-order valence-electron chi connectivity index (χ3n) is 3.16. The number of halogens is 1. The first kappa shape index (κ1) is 15.9. The Kier molecular flexibility index (Phi) is 5.76. The summed E-state index contributed by atoms with van der Waals surface area (Å²) in [6.07, 6.45) is 2.07. The fraction of sp³-hybridized carbons (Fsp3) is 0.571. The van der Waals surface area contributed by atoms with E-state index in [4.69, 9.17) is 19.9 Å². The normalized spacial score (nSPS) is 14.2. The summed E-state index contributed by atoms with van der Waals surface area (Å²) in [5, 5.41) is 0. The predicted molar refractivity (Wildman–Crippen MR) is 77.4 cm³/mol. The molecule has 0 aliphatic carbocycles. The Hall–Kier alpha value is -1.13. The van der Waals surface area contributed by atoms with Gasteiger partial charge in [-0.1, -0.05) is 13.8 Å². The molecule has 0 unspecified atom stereocenters. The molecule has 1 aromatic rings. The molecule has 4 nitrogen and oxygen atoms in total. The lowest BCUT2D eigenvalue weighted by Crippen LogP contribution is -2.11. The number of benzene rings is 1. The summed E-state index contributed by atoms with van der Waals surface area (Å²) in [5.74, 6) is 2.76. The highest BCUT2D eigenvalue weighted by atomic mass is 35.5. The highest BCUT2D eigenvalue weighted by Gasteiger charge is 2.21. The summed E-state index contributed by atoms with van der Waals surface area (Å²) in [5.41, 5.74) is 7.25. The van der Waals surface area contributed by atoms with E-state index in [1.807, 2.05) is 12.1 Å². The molecule has 2 rings (SSSR count). The minimum atomic E-state index is 0. The van der Waals surface area contributed by atoms with Gasteiger partial charge in [-0.05, 0) is 36.5 Å². The number of rotatable bonds is 5. The van der Waals surface area contributed by atoms with Crippen molar-refractivity contribution in [1.82, 2.24) is 0 Å². The van der Waals surface area contributed by atoms with Crippen molar-refractivity contribution >= 4 is 12.4 Å². The van der Waals surface area contributed by atoms with Gasteiger partial charge in [0.25, 0.3) is 0 Å². The van der Waals surface area contributed by atoms with Crippen LogP contribution >= 0.6 is 12.4 Å². The van der Waals surface area contributed by atoms with E-state index in [1.165, 1.54) is 0 Å². The molecule has 0 radical (unpaired) electrons. The molecule has 108 valence electrons. The van der Waals surface area contributed by atoms with E-state index in [1.54, 1.807) is 7.11 Å². The molecular formula is C14H22ClNO3. The smallest absolute Gasteiger partial charge is 0.231 e. The zero-order valence-corrected chi connectivity index (χ0v) is 12.5. The van der Waals surface area contributed by atoms with Crippen LogP contribution in [0.4, 0.5) is 0 Å². The second kappa shape index (κ2) is 6.87. The van der Waals surface area contributed by atoms with Crippen molar-refractivity contribution in [1.29, 1.82) is 0 Å². The molecule has 0 saturated carbocycles. The number of methoxy groups -OCH3 is 1. The van der Waals surface area contributed by atoms with Crippen molar-refractivity contribution in [3.63, 3.8) is 0 Å². The maximum Gasteiger partial charge on any atom is 0.231 e. The number of hydrogen-bond acceptors (Lipinski definition) is 4. The van der Waals surface area contributed by atoms with E-state index in [9.17, 15) is 0 Å². The largest absolute Gasteiger partial charge is 0.493 e. The van der Waals surface area contributed by atoms with Crippen LogP contribution in [0.25, 0.3) is 0 Å². The minimum absolute atomic E-state index is 0. The van der Waals surface area contributed by atoms with Gasteiger partial charge in [-0.25, -0.2) is 0 Å². The van der Waals surface area contributed by atoms with E-state index in [0.29, 0.717) is 17.4 Å². The van der Waals surface area contributed by atoms with Crippen molar-refractivity contribution in [2.45, 2.75) is 32.7 Å². The molecule has 0 spiro atoms. The van der Waals surface area contributed by atoms with Crippen LogP contribution in [0.5, 0.6) is 17.2 Å². The van der Waals surface area contributed by atoms with Crippen molar-refractivity contribution in [3.8, 4) is 17.2 Å². The molecule has 0 amide bonds. The maximum atomic E-state index is 6.21. The summed E-state index contributed by atoms with van der Waals surface area (Å²) in [7, 11) is 1.63. The molecular weight excluding hydrogens is 266 g/mol. The third kappa shape index (κ3) is 3.67.